The number of nitrogens with one attached hydrogen (secondary N) is 2. The Balaban J connectivity index is 1.12. The molecule has 2 saturated heterocycles. The molecule has 1 aliphatic carbocycles. The maximum atomic E-state index is 13.2. The summed E-state index contributed by atoms with van der Waals surface area (Å²) in [6, 6.07) is 14.5. The van der Waals surface area contributed by atoms with Gasteiger partial charge in [0.25, 0.3) is 0 Å². The summed E-state index contributed by atoms with van der Waals surface area (Å²) in [4.78, 5) is 27.4. The van der Waals surface area contributed by atoms with Gasteiger partial charge in [-0.15, -0.1) is 0 Å². The van der Waals surface area contributed by atoms with E-state index in [9.17, 15) is 9.59 Å². The number of fused-ring (bicyclic) bond motifs is 2. The number of ether oxygens (including phenoxy) is 2. The van der Waals surface area contributed by atoms with Gasteiger partial charge < -0.3 is 14.4 Å². The topological polar surface area (TPSA) is 79.9 Å². The summed E-state index contributed by atoms with van der Waals surface area (Å²) in [7, 11) is 0. The molecule has 184 valence electrons. The number of rotatable bonds is 5. The molecule has 2 amide bonds. The maximum Gasteiger partial charge on any atom is 0.237 e. The van der Waals surface area contributed by atoms with Gasteiger partial charge in [0.2, 0.25) is 11.8 Å². The van der Waals surface area contributed by atoms with Crippen LogP contribution in [0, 0.1) is 11.8 Å². The van der Waals surface area contributed by atoms with Crippen molar-refractivity contribution in [3.05, 3.63) is 59.2 Å². The first-order valence-corrected chi connectivity index (χ1v) is 13.0. The summed E-state index contributed by atoms with van der Waals surface area (Å²) in [6.45, 7) is 2.07. The summed E-state index contributed by atoms with van der Waals surface area (Å²) in [5, 5.41) is 0. The van der Waals surface area contributed by atoms with Crippen LogP contribution >= 0.6 is 0 Å². The van der Waals surface area contributed by atoms with E-state index in [2.05, 4.69) is 41.2 Å². The second-order valence-corrected chi connectivity index (χ2v) is 10.3. The average molecular weight is 476 g/mol. The summed E-state index contributed by atoms with van der Waals surface area (Å²) in [6.07, 6.45) is 6.58. The van der Waals surface area contributed by atoms with Crippen molar-refractivity contribution in [2.24, 2.45) is 11.8 Å². The number of carbonyl (C=O) groups is 2. The van der Waals surface area contributed by atoms with E-state index in [0.717, 1.165) is 55.7 Å². The van der Waals surface area contributed by atoms with E-state index in [4.69, 9.17) is 9.47 Å². The quantitative estimate of drug-likeness (QED) is 0.692. The van der Waals surface area contributed by atoms with Crippen LogP contribution in [0.15, 0.2) is 42.5 Å². The van der Waals surface area contributed by atoms with Crippen molar-refractivity contribution < 1.29 is 19.1 Å². The van der Waals surface area contributed by atoms with Crippen LogP contribution in [0.25, 0.3) is 0 Å². The van der Waals surface area contributed by atoms with Gasteiger partial charge in [-0.25, -0.2) is 5.43 Å². The molecule has 3 fully saturated rings. The van der Waals surface area contributed by atoms with Crippen LogP contribution in [-0.4, -0.2) is 37.7 Å². The third-order valence-electron chi connectivity index (χ3n) is 8.07. The number of hydrogen-bond acceptors (Lipinski definition) is 5. The minimum atomic E-state index is 0.0907. The fraction of sp³-hybridized carbons (Fsp3) is 0.500. The Hall–Kier alpha value is -2.90. The zero-order valence-corrected chi connectivity index (χ0v) is 20.0. The molecule has 0 spiro atoms. The van der Waals surface area contributed by atoms with Crippen molar-refractivity contribution in [3.8, 4) is 5.75 Å². The second-order valence-electron chi connectivity index (χ2n) is 10.3. The lowest BCUT2D eigenvalue weighted by molar-refractivity contribution is -0.133. The zero-order valence-electron chi connectivity index (χ0n) is 20.0. The van der Waals surface area contributed by atoms with Crippen LogP contribution in [0.1, 0.15) is 54.8 Å². The molecule has 35 heavy (non-hydrogen) atoms. The van der Waals surface area contributed by atoms with E-state index >= 15 is 0 Å². The van der Waals surface area contributed by atoms with Gasteiger partial charge in [-0.05, 0) is 47.9 Å². The molecule has 7 nitrogen and oxygen atoms in total. The molecule has 0 radical (unpaired) electrons. The number of amides is 2. The van der Waals surface area contributed by atoms with Crippen LogP contribution in [0.3, 0.4) is 0 Å². The molecule has 1 saturated carbocycles. The molecule has 0 bridgehead atoms. The molecule has 3 aliphatic heterocycles. The van der Waals surface area contributed by atoms with Crippen molar-refractivity contribution in [2.45, 2.75) is 57.1 Å². The molecular formula is C28H33N3O4. The first-order chi connectivity index (χ1) is 17.2. The van der Waals surface area contributed by atoms with Gasteiger partial charge in [-0.3, -0.25) is 15.0 Å². The summed E-state index contributed by atoms with van der Waals surface area (Å²) >= 11 is 0. The maximum absolute atomic E-state index is 13.2. The highest BCUT2D eigenvalue weighted by molar-refractivity contribution is 5.97. The predicted octanol–water partition coefficient (Wildman–Crippen LogP) is 3.47. The number of benzene rings is 2. The first kappa shape index (κ1) is 22.6. The largest absolute Gasteiger partial charge is 0.488 e. The second kappa shape index (κ2) is 9.63. The standard InChI is InChI=1S/C28H33N3O4/c32-26(31-13-11-19-9-10-21(16-25(19)31)35-22-12-14-34-17-22)15-18-5-7-20(8-6-18)27-23-3-1-2-4-24(23)28(33)30-29-27/h5-10,16,22-24,27,29H,1-4,11-15,17H2,(H,30,33)/t22-,23?,24?,27?/m0/s1. The highest BCUT2D eigenvalue weighted by Crippen LogP contribution is 2.40. The van der Waals surface area contributed by atoms with Crippen molar-refractivity contribution in [3.63, 3.8) is 0 Å². The molecule has 0 aromatic heterocycles. The molecule has 2 aromatic rings. The van der Waals surface area contributed by atoms with Crippen molar-refractivity contribution in [1.82, 2.24) is 10.9 Å². The smallest absolute Gasteiger partial charge is 0.237 e. The third kappa shape index (κ3) is 4.55. The van der Waals surface area contributed by atoms with Gasteiger partial charge in [-0.1, -0.05) is 43.2 Å². The monoisotopic (exact) mass is 475 g/mol. The number of hydrogen-bond donors (Lipinski definition) is 2. The lowest BCUT2D eigenvalue weighted by Gasteiger charge is -2.41. The minimum Gasteiger partial charge on any atom is -0.488 e. The number of hydrazine groups is 1. The summed E-state index contributed by atoms with van der Waals surface area (Å²) in [5.41, 5.74) is 10.4. The molecular weight excluding hydrogens is 442 g/mol. The van der Waals surface area contributed by atoms with Crippen molar-refractivity contribution >= 4 is 17.5 Å². The SMILES string of the molecule is O=C1NNC(c2ccc(CC(=O)N3CCc4ccc(O[C@H]5CCOC5)cc43)cc2)C2CCCCC12. The molecule has 2 N–H and O–H groups in total. The van der Waals surface area contributed by atoms with Gasteiger partial charge in [0.05, 0.1) is 31.4 Å². The Bertz CT molecular complexity index is 1100. The van der Waals surface area contributed by atoms with E-state index in [1.807, 2.05) is 17.0 Å². The lowest BCUT2D eigenvalue weighted by Crippen LogP contribution is -2.55. The third-order valence-corrected chi connectivity index (χ3v) is 8.07. The fourth-order valence-corrected chi connectivity index (χ4v) is 6.17. The van der Waals surface area contributed by atoms with Crippen LogP contribution < -0.4 is 20.5 Å². The van der Waals surface area contributed by atoms with Crippen LogP contribution in [-0.2, 0) is 27.2 Å². The molecule has 4 atom stereocenters. The van der Waals surface area contributed by atoms with Crippen LogP contribution in [0.4, 0.5) is 5.69 Å². The first-order valence-electron chi connectivity index (χ1n) is 13.0. The van der Waals surface area contributed by atoms with Crippen molar-refractivity contribution in [1.29, 1.82) is 0 Å². The molecule has 3 unspecified atom stereocenters. The fourth-order valence-electron chi connectivity index (χ4n) is 6.17. The molecule has 6 rings (SSSR count). The highest BCUT2D eigenvalue weighted by Gasteiger charge is 2.40. The van der Waals surface area contributed by atoms with E-state index in [0.29, 0.717) is 25.5 Å². The minimum absolute atomic E-state index is 0.0907. The normalized spacial score (nSPS) is 27.8. The van der Waals surface area contributed by atoms with Gasteiger partial charge >= 0.3 is 0 Å². The Kier molecular flexibility index (Phi) is 6.20. The molecule has 2 aromatic carbocycles. The Morgan fingerprint density at radius 2 is 1.94 bits per heavy atom. The molecule has 4 aliphatic rings. The Morgan fingerprint density at radius 1 is 1.09 bits per heavy atom. The highest BCUT2D eigenvalue weighted by atomic mass is 16.5. The number of anilines is 1. The van der Waals surface area contributed by atoms with Gasteiger partial charge in [0, 0.05) is 24.9 Å². The van der Waals surface area contributed by atoms with E-state index < -0.39 is 0 Å². The summed E-state index contributed by atoms with van der Waals surface area (Å²) < 4.78 is 11.5. The number of carbonyl (C=O) groups excluding carboxylic acids is 2. The van der Waals surface area contributed by atoms with E-state index in [1.165, 1.54) is 17.5 Å². The van der Waals surface area contributed by atoms with Gasteiger partial charge in [0.1, 0.15) is 11.9 Å². The average Bonchev–Trinajstić information content (AvgIpc) is 3.55. The van der Waals surface area contributed by atoms with Crippen molar-refractivity contribution in [2.75, 3.05) is 24.7 Å². The van der Waals surface area contributed by atoms with Crippen LogP contribution in [0.5, 0.6) is 5.75 Å². The van der Waals surface area contributed by atoms with E-state index in [-0.39, 0.29) is 29.9 Å². The number of nitrogens with zero attached hydrogens (tertiary/aromatic N) is 1. The van der Waals surface area contributed by atoms with Gasteiger partial charge in [0.15, 0.2) is 0 Å². The Morgan fingerprint density at radius 3 is 2.77 bits per heavy atom. The zero-order chi connectivity index (χ0) is 23.8. The van der Waals surface area contributed by atoms with Gasteiger partial charge in [-0.2, -0.15) is 0 Å². The van der Waals surface area contributed by atoms with E-state index in [1.54, 1.807) is 0 Å². The Labute approximate surface area is 206 Å². The molecule has 7 heteroatoms. The molecule has 3 heterocycles. The lowest BCUT2D eigenvalue weighted by atomic mass is 9.72. The van der Waals surface area contributed by atoms with Crippen LogP contribution in [0.2, 0.25) is 0 Å². The summed E-state index contributed by atoms with van der Waals surface area (Å²) in [5.74, 6) is 1.47. The predicted molar refractivity (Wildman–Crippen MR) is 132 cm³/mol.